The molecule has 3 rings (SSSR count). The molecule has 3 aromatic rings. The van der Waals surface area contributed by atoms with Crippen LogP contribution in [0.2, 0.25) is 5.02 Å². The molecule has 0 saturated carbocycles. The smallest absolute Gasteiger partial charge is 0.136 e. The normalized spacial score (nSPS) is 10.5. The number of nitrogens with one attached hydrogen (secondary N) is 2. The maximum atomic E-state index is 6.01. The number of aromatic nitrogens is 2. The van der Waals surface area contributed by atoms with Gasteiger partial charge in [0.1, 0.15) is 17.5 Å². The van der Waals surface area contributed by atoms with Crippen molar-refractivity contribution in [3.8, 4) is 0 Å². The lowest BCUT2D eigenvalue weighted by Crippen LogP contribution is -2.05. The summed E-state index contributed by atoms with van der Waals surface area (Å²) in [5.41, 5.74) is 3.25. The van der Waals surface area contributed by atoms with Gasteiger partial charge in [0.25, 0.3) is 0 Å². The van der Waals surface area contributed by atoms with E-state index in [0.29, 0.717) is 5.82 Å². The highest BCUT2D eigenvalue weighted by Crippen LogP contribution is 2.23. The third kappa shape index (κ3) is 4.24. The molecular formula is C19H19ClN4. The summed E-state index contributed by atoms with van der Waals surface area (Å²) in [5, 5.41) is 7.39. The zero-order chi connectivity index (χ0) is 16.9. The molecule has 122 valence electrons. The second kappa shape index (κ2) is 7.32. The summed E-state index contributed by atoms with van der Waals surface area (Å²) in [5.74, 6) is 2.26. The molecular weight excluding hydrogens is 320 g/mol. The number of benzene rings is 2. The van der Waals surface area contributed by atoms with Crippen LogP contribution in [0.1, 0.15) is 17.0 Å². The van der Waals surface area contributed by atoms with Gasteiger partial charge in [-0.25, -0.2) is 9.97 Å². The van der Waals surface area contributed by atoms with Crippen LogP contribution in [0.25, 0.3) is 0 Å². The first-order chi connectivity index (χ1) is 11.6. The summed E-state index contributed by atoms with van der Waals surface area (Å²) in [4.78, 5) is 8.90. The van der Waals surface area contributed by atoms with Gasteiger partial charge in [0.05, 0.1) is 0 Å². The number of nitrogens with zero attached hydrogens (tertiary/aromatic N) is 2. The molecule has 0 fully saturated rings. The van der Waals surface area contributed by atoms with Crippen LogP contribution in [0.4, 0.5) is 17.3 Å². The van der Waals surface area contributed by atoms with E-state index >= 15 is 0 Å². The Labute approximate surface area is 146 Å². The highest BCUT2D eigenvalue weighted by Gasteiger charge is 2.05. The van der Waals surface area contributed by atoms with Crippen LogP contribution < -0.4 is 10.6 Å². The minimum atomic E-state index is 0.710. The molecule has 2 N–H and O–H groups in total. The zero-order valence-corrected chi connectivity index (χ0v) is 14.4. The first kappa shape index (κ1) is 16.3. The summed E-state index contributed by atoms with van der Waals surface area (Å²) in [6, 6.07) is 17.9. The van der Waals surface area contributed by atoms with Crippen molar-refractivity contribution >= 4 is 28.9 Å². The number of anilines is 3. The van der Waals surface area contributed by atoms with Crippen LogP contribution in [0.15, 0.2) is 54.6 Å². The average molecular weight is 339 g/mol. The van der Waals surface area contributed by atoms with Crippen molar-refractivity contribution in [1.82, 2.24) is 9.97 Å². The van der Waals surface area contributed by atoms with Crippen molar-refractivity contribution in [3.63, 3.8) is 0 Å². The summed E-state index contributed by atoms with van der Waals surface area (Å²) in [6.07, 6.45) is 0. The predicted molar refractivity (Wildman–Crippen MR) is 100 cm³/mol. The monoisotopic (exact) mass is 338 g/mol. The third-order valence-electron chi connectivity index (χ3n) is 3.61. The molecule has 1 aromatic heterocycles. The Bertz CT molecular complexity index is 834. The lowest BCUT2D eigenvalue weighted by molar-refractivity contribution is 1.02. The lowest BCUT2D eigenvalue weighted by atomic mass is 10.2. The van der Waals surface area contributed by atoms with Gasteiger partial charge in [-0.3, -0.25) is 0 Å². The largest absolute Gasteiger partial charge is 0.366 e. The molecule has 0 aliphatic heterocycles. The summed E-state index contributed by atoms with van der Waals surface area (Å²) in [7, 11) is 0. The van der Waals surface area contributed by atoms with Gasteiger partial charge in [-0.05, 0) is 43.2 Å². The standard InChI is InChI=1S/C19H19ClN4/c1-13-10-16(20)8-9-17(13)24-19-11-18(22-14(2)23-19)21-12-15-6-4-3-5-7-15/h3-11H,12H2,1-2H3,(H2,21,22,23,24). The highest BCUT2D eigenvalue weighted by atomic mass is 35.5. The Hall–Kier alpha value is -2.59. The van der Waals surface area contributed by atoms with E-state index in [1.807, 2.05) is 56.3 Å². The van der Waals surface area contributed by atoms with Gasteiger partial charge in [0.15, 0.2) is 0 Å². The van der Waals surface area contributed by atoms with Gasteiger partial charge in [-0.2, -0.15) is 0 Å². The Balaban J connectivity index is 1.76. The van der Waals surface area contributed by atoms with Crippen LogP contribution in [0.5, 0.6) is 0 Å². The molecule has 0 atom stereocenters. The first-order valence-electron chi connectivity index (χ1n) is 7.77. The minimum absolute atomic E-state index is 0.710. The first-order valence-corrected chi connectivity index (χ1v) is 8.14. The van der Waals surface area contributed by atoms with Gasteiger partial charge in [-0.1, -0.05) is 41.9 Å². The number of rotatable bonds is 5. The Morgan fingerprint density at radius 2 is 1.67 bits per heavy atom. The van der Waals surface area contributed by atoms with E-state index in [-0.39, 0.29) is 0 Å². The van der Waals surface area contributed by atoms with Crippen LogP contribution in [-0.2, 0) is 6.54 Å². The molecule has 24 heavy (non-hydrogen) atoms. The van der Waals surface area contributed by atoms with Gasteiger partial charge >= 0.3 is 0 Å². The fourth-order valence-corrected chi connectivity index (χ4v) is 2.64. The van der Waals surface area contributed by atoms with Crippen molar-refractivity contribution in [3.05, 3.63) is 76.6 Å². The molecule has 0 aliphatic rings. The van der Waals surface area contributed by atoms with E-state index in [1.54, 1.807) is 0 Å². The van der Waals surface area contributed by atoms with Crippen LogP contribution >= 0.6 is 11.6 Å². The number of hydrogen-bond acceptors (Lipinski definition) is 4. The van der Waals surface area contributed by atoms with E-state index in [4.69, 9.17) is 11.6 Å². The summed E-state index contributed by atoms with van der Waals surface area (Å²) >= 11 is 6.01. The Morgan fingerprint density at radius 3 is 2.42 bits per heavy atom. The molecule has 1 heterocycles. The van der Waals surface area contributed by atoms with Gasteiger partial charge < -0.3 is 10.6 Å². The molecule has 0 radical (unpaired) electrons. The topological polar surface area (TPSA) is 49.8 Å². The lowest BCUT2D eigenvalue weighted by Gasteiger charge is -2.12. The zero-order valence-electron chi connectivity index (χ0n) is 13.7. The molecule has 4 nitrogen and oxygen atoms in total. The Morgan fingerprint density at radius 1 is 0.917 bits per heavy atom. The highest BCUT2D eigenvalue weighted by molar-refractivity contribution is 6.30. The van der Waals surface area contributed by atoms with E-state index in [9.17, 15) is 0 Å². The molecule has 0 saturated heterocycles. The molecule has 2 aromatic carbocycles. The average Bonchev–Trinajstić information content (AvgIpc) is 2.56. The van der Waals surface area contributed by atoms with Crippen molar-refractivity contribution in [2.24, 2.45) is 0 Å². The minimum Gasteiger partial charge on any atom is -0.366 e. The SMILES string of the molecule is Cc1nc(NCc2ccccc2)cc(Nc2ccc(Cl)cc2C)n1. The molecule has 0 bridgehead atoms. The van der Waals surface area contributed by atoms with E-state index < -0.39 is 0 Å². The van der Waals surface area contributed by atoms with Crippen LogP contribution in [0.3, 0.4) is 0 Å². The second-order valence-electron chi connectivity index (χ2n) is 5.61. The van der Waals surface area contributed by atoms with Gasteiger partial charge in [0, 0.05) is 23.3 Å². The third-order valence-corrected chi connectivity index (χ3v) is 3.84. The number of halogens is 1. The molecule has 0 spiro atoms. The van der Waals surface area contributed by atoms with Crippen molar-refractivity contribution in [2.45, 2.75) is 20.4 Å². The Kier molecular flexibility index (Phi) is 4.96. The maximum Gasteiger partial charge on any atom is 0.136 e. The van der Waals surface area contributed by atoms with Gasteiger partial charge in [0.2, 0.25) is 0 Å². The van der Waals surface area contributed by atoms with E-state index in [0.717, 1.165) is 34.5 Å². The second-order valence-corrected chi connectivity index (χ2v) is 6.05. The summed E-state index contributed by atoms with van der Waals surface area (Å²) < 4.78 is 0. The van der Waals surface area contributed by atoms with Crippen molar-refractivity contribution in [2.75, 3.05) is 10.6 Å². The van der Waals surface area contributed by atoms with E-state index in [1.165, 1.54) is 5.56 Å². The molecule has 0 unspecified atom stereocenters. The molecule has 5 heteroatoms. The molecule has 0 amide bonds. The predicted octanol–water partition coefficient (Wildman–Crippen LogP) is 5.10. The number of hydrogen-bond donors (Lipinski definition) is 2. The quantitative estimate of drug-likeness (QED) is 0.679. The fraction of sp³-hybridized carbons (Fsp3) is 0.158. The molecule has 0 aliphatic carbocycles. The van der Waals surface area contributed by atoms with Crippen molar-refractivity contribution < 1.29 is 0 Å². The maximum absolute atomic E-state index is 6.01. The van der Waals surface area contributed by atoms with Gasteiger partial charge in [-0.15, -0.1) is 0 Å². The van der Waals surface area contributed by atoms with Crippen LogP contribution in [0, 0.1) is 13.8 Å². The summed E-state index contributed by atoms with van der Waals surface area (Å²) in [6.45, 7) is 4.61. The van der Waals surface area contributed by atoms with Crippen molar-refractivity contribution in [1.29, 1.82) is 0 Å². The fourth-order valence-electron chi connectivity index (χ4n) is 2.42. The number of aryl methyl sites for hydroxylation is 2. The van der Waals surface area contributed by atoms with E-state index in [2.05, 4.69) is 32.7 Å². The van der Waals surface area contributed by atoms with Crippen LogP contribution in [-0.4, -0.2) is 9.97 Å².